The number of nitrogens with zero attached hydrogens (tertiary/aromatic N) is 2. The summed E-state index contributed by atoms with van der Waals surface area (Å²) in [7, 11) is -3.64. The Kier molecular flexibility index (Phi) is 6.38. The summed E-state index contributed by atoms with van der Waals surface area (Å²) in [5.41, 5.74) is 0.961. The van der Waals surface area contributed by atoms with E-state index < -0.39 is 15.9 Å². The molecule has 32 heavy (non-hydrogen) atoms. The van der Waals surface area contributed by atoms with E-state index in [9.17, 15) is 22.8 Å². The zero-order chi connectivity index (χ0) is 22.7. The fraction of sp³-hybridized carbons (Fsp3) is 0.348. The Balaban J connectivity index is 1.53. The molecular weight excluding hydrogens is 430 g/mol. The number of hydrogen-bond donors (Lipinski definition) is 1. The molecule has 2 aliphatic heterocycles. The van der Waals surface area contributed by atoms with Crippen LogP contribution >= 0.6 is 0 Å². The SMILES string of the molecule is O=C(Nc1cccc(S(=O)(=O)N2CCCCCC2)c1)c1cccc(N2C(=O)CCC2=O)c1. The van der Waals surface area contributed by atoms with Crippen LogP contribution in [0.25, 0.3) is 0 Å². The van der Waals surface area contributed by atoms with Crippen molar-refractivity contribution in [2.24, 2.45) is 0 Å². The van der Waals surface area contributed by atoms with E-state index in [1.807, 2.05) is 0 Å². The lowest BCUT2D eigenvalue weighted by Crippen LogP contribution is -2.32. The predicted molar refractivity (Wildman–Crippen MR) is 120 cm³/mol. The Labute approximate surface area is 187 Å². The largest absolute Gasteiger partial charge is 0.322 e. The van der Waals surface area contributed by atoms with Crippen molar-refractivity contribution in [1.82, 2.24) is 4.31 Å². The Morgan fingerprint density at radius 2 is 1.50 bits per heavy atom. The van der Waals surface area contributed by atoms with Crippen LogP contribution in [0.5, 0.6) is 0 Å². The van der Waals surface area contributed by atoms with E-state index in [1.165, 1.54) is 22.5 Å². The van der Waals surface area contributed by atoms with Crippen LogP contribution in [0.15, 0.2) is 53.4 Å². The van der Waals surface area contributed by atoms with Gasteiger partial charge in [-0.2, -0.15) is 4.31 Å². The van der Waals surface area contributed by atoms with Gasteiger partial charge in [0.05, 0.1) is 10.6 Å². The zero-order valence-corrected chi connectivity index (χ0v) is 18.4. The van der Waals surface area contributed by atoms with Crippen LogP contribution in [0.4, 0.5) is 11.4 Å². The first kappa shape index (κ1) is 22.2. The summed E-state index contributed by atoms with van der Waals surface area (Å²) in [4.78, 5) is 38.0. The minimum absolute atomic E-state index is 0.138. The first-order chi connectivity index (χ1) is 15.4. The van der Waals surface area contributed by atoms with Crippen molar-refractivity contribution < 1.29 is 22.8 Å². The summed E-state index contributed by atoms with van der Waals surface area (Å²) in [6, 6.07) is 12.5. The monoisotopic (exact) mass is 455 g/mol. The van der Waals surface area contributed by atoms with E-state index in [2.05, 4.69) is 5.32 Å². The van der Waals surface area contributed by atoms with Crippen LogP contribution in [0.3, 0.4) is 0 Å². The Morgan fingerprint density at radius 1 is 0.844 bits per heavy atom. The predicted octanol–water partition coefficient (Wildman–Crippen LogP) is 3.16. The minimum atomic E-state index is -3.64. The summed E-state index contributed by atoms with van der Waals surface area (Å²) in [6.45, 7) is 0.999. The number of benzene rings is 2. The van der Waals surface area contributed by atoms with E-state index >= 15 is 0 Å². The molecular formula is C23H25N3O5S. The van der Waals surface area contributed by atoms with Crippen molar-refractivity contribution in [3.8, 4) is 0 Å². The molecule has 0 bridgehead atoms. The van der Waals surface area contributed by atoms with Crippen LogP contribution in [-0.4, -0.2) is 43.5 Å². The van der Waals surface area contributed by atoms with E-state index in [0.717, 1.165) is 30.6 Å². The van der Waals surface area contributed by atoms with Gasteiger partial charge in [0.15, 0.2) is 0 Å². The smallest absolute Gasteiger partial charge is 0.255 e. The standard InChI is InChI=1S/C23H25N3O5S/c27-21-11-12-22(28)26(21)19-9-5-7-17(15-19)23(29)24-18-8-6-10-20(16-18)32(30,31)25-13-3-1-2-4-14-25/h5-10,15-16H,1-4,11-14H2,(H,24,29). The molecule has 2 aromatic rings. The molecule has 0 aliphatic carbocycles. The number of sulfonamides is 1. The van der Waals surface area contributed by atoms with Crippen molar-refractivity contribution in [2.75, 3.05) is 23.3 Å². The number of hydrogen-bond acceptors (Lipinski definition) is 5. The fourth-order valence-corrected chi connectivity index (χ4v) is 5.58. The maximum Gasteiger partial charge on any atom is 0.255 e. The summed E-state index contributed by atoms with van der Waals surface area (Å²) in [5.74, 6) is -1.05. The van der Waals surface area contributed by atoms with Gasteiger partial charge in [0.1, 0.15) is 0 Å². The summed E-state index contributed by atoms with van der Waals surface area (Å²) >= 11 is 0. The molecule has 9 heteroatoms. The Hall–Kier alpha value is -3.04. The maximum atomic E-state index is 13.0. The number of nitrogens with one attached hydrogen (secondary N) is 1. The number of imide groups is 1. The lowest BCUT2D eigenvalue weighted by Gasteiger charge is -2.20. The van der Waals surface area contributed by atoms with Gasteiger partial charge in [-0.3, -0.25) is 19.3 Å². The Morgan fingerprint density at radius 3 is 2.19 bits per heavy atom. The third-order valence-corrected chi connectivity index (χ3v) is 7.61. The first-order valence-electron chi connectivity index (χ1n) is 10.7. The zero-order valence-electron chi connectivity index (χ0n) is 17.6. The molecule has 2 fully saturated rings. The van der Waals surface area contributed by atoms with E-state index in [4.69, 9.17) is 0 Å². The van der Waals surface area contributed by atoms with Crippen molar-refractivity contribution >= 4 is 39.1 Å². The molecule has 2 heterocycles. The van der Waals surface area contributed by atoms with E-state index in [0.29, 0.717) is 24.5 Å². The number of amides is 3. The molecule has 0 radical (unpaired) electrons. The van der Waals surface area contributed by atoms with Gasteiger partial charge in [-0.25, -0.2) is 8.42 Å². The van der Waals surface area contributed by atoms with Gasteiger partial charge >= 0.3 is 0 Å². The molecule has 8 nitrogen and oxygen atoms in total. The lowest BCUT2D eigenvalue weighted by atomic mass is 10.1. The normalized spacial score (nSPS) is 17.9. The van der Waals surface area contributed by atoms with Gasteiger partial charge in [0.25, 0.3) is 5.91 Å². The van der Waals surface area contributed by atoms with Gasteiger partial charge < -0.3 is 5.32 Å². The van der Waals surface area contributed by atoms with Crippen LogP contribution in [-0.2, 0) is 19.6 Å². The lowest BCUT2D eigenvalue weighted by molar-refractivity contribution is -0.121. The molecule has 168 valence electrons. The average Bonchev–Trinajstić information content (AvgIpc) is 2.97. The second kappa shape index (κ2) is 9.22. The highest BCUT2D eigenvalue weighted by Crippen LogP contribution is 2.25. The van der Waals surface area contributed by atoms with Crippen LogP contribution in [0, 0.1) is 0 Å². The molecule has 0 atom stereocenters. The number of anilines is 2. The summed E-state index contributed by atoms with van der Waals surface area (Å²) < 4.78 is 27.6. The van der Waals surface area contributed by atoms with E-state index in [1.54, 1.807) is 30.3 Å². The highest BCUT2D eigenvalue weighted by Gasteiger charge is 2.30. The van der Waals surface area contributed by atoms with Crippen molar-refractivity contribution in [2.45, 2.75) is 43.4 Å². The third kappa shape index (κ3) is 4.58. The van der Waals surface area contributed by atoms with Gasteiger partial charge in [-0.1, -0.05) is 25.0 Å². The van der Waals surface area contributed by atoms with Gasteiger partial charge in [0.2, 0.25) is 21.8 Å². The van der Waals surface area contributed by atoms with Crippen LogP contribution in [0.1, 0.15) is 48.9 Å². The fourth-order valence-electron chi connectivity index (χ4n) is 4.02. The van der Waals surface area contributed by atoms with Crippen molar-refractivity contribution in [3.63, 3.8) is 0 Å². The topological polar surface area (TPSA) is 104 Å². The molecule has 0 aromatic heterocycles. The Bertz CT molecular complexity index is 1140. The number of rotatable bonds is 5. The second-order valence-electron chi connectivity index (χ2n) is 7.97. The second-order valence-corrected chi connectivity index (χ2v) is 9.91. The van der Waals surface area contributed by atoms with Gasteiger partial charge in [-0.05, 0) is 49.2 Å². The van der Waals surface area contributed by atoms with Gasteiger partial charge in [-0.15, -0.1) is 0 Å². The molecule has 1 N–H and O–H groups in total. The molecule has 0 spiro atoms. The molecule has 2 aliphatic rings. The summed E-state index contributed by atoms with van der Waals surface area (Å²) in [6.07, 6.45) is 4.05. The third-order valence-electron chi connectivity index (χ3n) is 5.71. The molecule has 2 saturated heterocycles. The number of carbonyl (C=O) groups is 3. The summed E-state index contributed by atoms with van der Waals surface area (Å²) in [5, 5.41) is 2.72. The van der Waals surface area contributed by atoms with Crippen LogP contribution < -0.4 is 10.2 Å². The van der Waals surface area contributed by atoms with E-state index in [-0.39, 0.29) is 35.1 Å². The molecule has 4 rings (SSSR count). The highest BCUT2D eigenvalue weighted by molar-refractivity contribution is 7.89. The molecule has 0 saturated carbocycles. The first-order valence-corrected chi connectivity index (χ1v) is 12.2. The molecule has 2 aromatic carbocycles. The number of carbonyl (C=O) groups excluding carboxylic acids is 3. The average molecular weight is 456 g/mol. The highest BCUT2D eigenvalue weighted by atomic mass is 32.2. The van der Waals surface area contributed by atoms with Crippen molar-refractivity contribution in [3.05, 3.63) is 54.1 Å². The van der Waals surface area contributed by atoms with Crippen LogP contribution in [0.2, 0.25) is 0 Å². The molecule has 0 unspecified atom stereocenters. The minimum Gasteiger partial charge on any atom is -0.322 e. The van der Waals surface area contributed by atoms with Crippen molar-refractivity contribution in [1.29, 1.82) is 0 Å². The van der Waals surface area contributed by atoms with Gasteiger partial charge in [0, 0.05) is 37.2 Å². The molecule has 3 amide bonds. The quantitative estimate of drug-likeness (QED) is 0.698. The maximum absolute atomic E-state index is 13.0.